The van der Waals surface area contributed by atoms with Crippen LogP contribution in [0.15, 0.2) is 12.2 Å². The summed E-state index contributed by atoms with van der Waals surface area (Å²) in [7, 11) is 0. The molecule has 0 radical (unpaired) electrons. The Bertz CT molecular complexity index is 200. The monoisotopic (exact) mass is 215 g/mol. The van der Waals surface area contributed by atoms with Gasteiger partial charge in [-0.25, -0.2) is 4.79 Å². The fourth-order valence-electron chi connectivity index (χ4n) is 1.65. The predicted molar refractivity (Wildman–Crippen MR) is 59.8 cm³/mol. The number of nitrogens with zero attached hydrogens (tertiary/aromatic N) is 1. The fraction of sp³-hybridized carbons (Fsp3) is 0.727. The number of carboxylic acids is 1. The van der Waals surface area contributed by atoms with E-state index in [-0.39, 0.29) is 6.61 Å². The minimum Gasteiger partial charge on any atom is -0.478 e. The van der Waals surface area contributed by atoms with Crippen molar-refractivity contribution in [3.8, 4) is 0 Å². The highest BCUT2D eigenvalue weighted by Crippen LogP contribution is 2.07. The molecule has 0 amide bonds. The molecule has 0 rings (SSSR count). The number of aliphatic hydroxyl groups excluding tert-OH is 1. The van der Waals surface area contributed by atoms with E-state index in [1.54, 1.807) is 6.08 Å². The lowest BCUT2D eigenvalue weighted by Gasteiger charge is -2.28. The van der Waals surface area contributed by atoms with Crippen LogP contribution in [0.3, 0.4) is 0 Å². The first-order chi connectivity index (χ1) is 7.15. The summed E-state index contributed by atoms with van der Waals surface area (Å²) in [5.41, 5.74) is 0. The number of aliphatic carboxylic acids is 1. The van der Waals surface area contributed by atoms with Gasteiger partial charge in [-0.3, -0.25) is 4.90 Å². The SMILES string of the molecule is CCC(CC)N(CC=CC(=O)O)CCO. The maximum absolute atomic E-state index is 10.3. The zero-order valence-corrected chi connectivity index (χ0v) is 9.52. The zero-order chi connectivity index (χ0) is 11.7. The van der Waals surface area contributed by atoms with Crippen molar-refractivity contribution in [1.29, 1.82) is 0 Å². The summed E-state index contributed by atoms with van der Waals surface area (Å²) in [6, 6.07) is 0.413. The molecule has 0 saturated heterocycles. The molecule has 2 N–H and O–H groups in total. The number of rotatable bonds is 8. The first kappa shape index (κ1) is 14.1. The highest BCUT2D eigenvalue weighted by Gasteiger charge is 2.12. The van der Waals surface area contributed by atoms with Gasteiger partial charge in [0.2, 0.25) is 0 Å². The quantitative estimate of drug-likeness (QED) is 0.595. The molecule has 0 aromatic carbocycles. The molecule has 88 valence electrons. The molecule has 4 heteroatoms. The van der Waals surface area contributed by atoms with Gasteiger partial charge in [0.1, 0.15) is 0 Å². The summed E-state index contributed by atoms with van der Waals surface area (Å²) < 4.78 is 0. The third-order valence-corrected chi connectivity index (χ3v) is 2.45. The van der Waals surface area contributed by atoms with E-state index in [9.17, 15) is 4.79 Å². The molecule has 0 aliphatic carbocycles. The Morgan fingerprint density at radius 3 is 2.40 bits per heavy atom. The van der Waals surface area contributed by atoms with E-state index in [0.29, 0.717) is 19.1 Å². The summed E-state index contributed by atoms with van der Waals surface area (Å²) in [6.07, 6.45) is 4.79. The van der Waals surface area contributed by atoms with Gasteiger partial charge in [-0.2, -0.15) is 0 Å². The van der Waals surface area contributed by atoms with E-state index in [0.717, 1.165) is 18.9 Å². The molecular formula is C11H21NO3. The van der Waals surface area contributed by atoms with Gasteiger partial charge in [-0.15, -0.1) is 0 Å². The second kappa shape index (κ2) is 8.44. The average molecular weight is 215 g/mol. The molecule has 0 spiro atoms. The number of aliphatic hydroxyl groups is 1. The Kier molecular flexibility index (Phi) is 7.95. The molecule has 15 heavy (non-hydrogen) atoms. The highest BCUT2D eigenvalue weighted by atomic mass is 16.4. The number of carboxylic acid groups (broad SMARTS) is 1. The Morgan fingerprint density at radius 1 is 1.40 bits per heavy atom. The smallest absolute Gasteiger partial charge is 0.328 e. The first-order valence-corrected chi connectivity index (χ1v) is 5.40. The minimum absolute atomic E-state index is 0.109. The lowest BCUT2D eigenvalue weighted by atomic mass is 10.1. The maximum Gasteiger partial charge on any atom is 0.328 e. The van der Waals surface area contributed by atoms with Gasteiger partial charge in [0.05, 0.1) is 6.61 Å². The Balaban J connectivity index is 4.18. The van der Waals surface area contributed by atoms with Crippen molar-refractivity contribution in [3.63, 3.8) is 0 Å². The minimum atomic E-state index is -0.927. The van der Waals surface area contributed by atoms with Crippen LogP contribution in [0.4, 0.5) is 0 Å². The summed E-state index contributed by atoms with van der Waals surface area (Å²) in [5.74, 6) is -0.927. The summed E-state index contributed by atoms with van der Waals surface area (Å²) in [5, 5.41) is 17.4. The molecule has 0 aromatic heterocycles. The normalized spacial score (nSPS) is 11.8. The van der Waals surface area contributed by atoms with Crippen LogP contribution in [0.5, 0.6) is 0 Å². The van der Waals surface area contributed by atoms with Crippen molar-refractivity contribution in [2.24, 2.45) is 0 Å². The van der Waals surface area contributed by atoms with Gasteiger partial charge < -0.3 is 10.2 Å². The largest absolute Gasteiger partial charge is 0.478 e. The molecule has 0 aliphatic rings. The highest BCUT2D eigenvalue weighted by molar-refractivity contribution is 5.79. The Morgan fingerprint density at radius 2 is 2.00 bits per heavy atom. The van der Waals surface area contributed by atoms with Crippen LogP contribution in [0.1, 0.15) is 26.7 Å². The molecule has 4 nitrogen and oxygen atoms in total. The maximum atomic E-state index is 10.3. The third kappa shape index (κ3) is 6.25. The van der Waals surface area contributed by atoms with Gasteiger partial charge in [0, 0.05) is 25.2 Å². The van der Waals surface area contributed by atoms with Gasteiger partial charge in [0.25, 0.3) is 0 Å². The van der Waals surface area contributed by atoms with Crippen molar-refractivity contribution in [1.82, 2.24) is 4.90 Å². The molecule has 0 unspecified atom stereocenters. The van der Waals surface area contributed by atoms with E-state index < -0.39 is 5.97 Å². The molecule has 0 aromatic rings. The van der Waals surface area contributed by atoms with Crippen molar-refractivity contribution >= 4 is 5.97 Å². The van der Waals surface area contributed by atoms with Crippen LogP contribution in [0.25, 0.3) is 0 Å². The second-order valence-electron chi connectivity index (χ2n) is 3.43. The number of hydrogen-bond acceptors (Lipinski definition) is 3. The van der Waals surface area contributed by atoms with E-state index in [1.807, 2.05) is 0 Å². The molecule has 0 fully saturated rings. The van der Waals surface area contributed by atoms with Gasteiger partial charge in [0.15, 0.2) is 0 Å². The van der Waals surface area contributed by atoms with E-state index in [1.165, 1.54) is 0 Å². The molecule has 0 atom stereocenters. The molecule has 0 saturated carbocycles. The number of hydrogen-bond donors (Lipinski definition) is 2. The first-order valence-electron chi connectivity index (χ1n) is 5.40. The van der Waals surface area contributed by atoms with Crippen molar-refractivity contribution < 1.29 is 15.0 Å². The molecule has 0 aliphatic heterocycles. The van der Waals surface area contributed by atoms with Crippen LogP contribution in [-0.4, -0.2) is 46.8 Å². The third-order valence-electron chi connectivity index (χ3n) is 2.45. The van der Waals surface area contributed by atoms with Gasteiger partial charge in [-0.05, 0) is 12.8 Å². The Labute approximate surface area is 91.2 Å². The van der Waals surface area contributed by atoms with Crippen LogP contribution in [0.2, 0.25) is 0 Å². The topological polar surface area (TPSA) is 60.8 Å². The lowest BCUT2D eigenvalue weighted by molar-refractivity contribution is -0.131. The molecule has 0 bridgehead atoms. The van der Waals surface area contributed by atoms with Gasteiger partial charge >= 0.3 is 5.97 Å². The molecular weight excluding hydrogens is 194 g/mol. The lowest BCUT2D eigenvalue weighted by Crippen LogP contribution is -2.36. The predicted octanol–water partition coefficient (Wildman–Crippen LogP) is 1.11. The molecule has 0 heterocycles. The fourth-order valence-corrected chi connectivity index (χ4v) is 1.65. The second-order valence-corrected chi connectivity index (χ2v) is 3.43. The summed E-state index contributed by atoms with van der Waals surface area (Å²) in [4.78, 5) is 12.4. The van der Waals surface area contributed by atoms with E-state index >= 15 is 0 Å². The van der Waals surface area contributed by atoms with Crippen LogP contribution < -0.4 is 0 Å². The van der Waals surface area contributed by atoms with Crippen molar-refractivity contribution in [2.45, 2.75) is 32.7 Å². The summed E-state index contributed by atoms with van der Waals surface area (Å²) >= 11 is 0. The van der Waals surface area contributed by atoms with E-state index in [2.05, 4.69) is 18.7 Å². The average Bonchev–Trinajstić information content (AvgIpc) is 2.19. The zero-order valence-electron chi connectivity index (χ0n) is 9.52. The standard InChI is InChI=1S/C11H21NO3/c1-3-10(4-2)12(8-9-13)7-5-6-11(14)15/h5-6,10,13H,3-4,7-9H2,1-2H3,(H,14,15). The van der Waals surface area contributed by atoms with Gasteiger partial charge in [-0.1, -0.05) is 19.9 Å². The van der Waals surface area contributed by atoms with Crippen molar-refractivity contribution in [3.05, 3.63) is 12.2 Å². The number of carbonyl (C=O) groups is 1. The van der Waals surface area contributed by atoms with Crippen LogP contribution in [-0.2, 0) is 4.79 Å². The van der Waals surface area contributed by atoms with E-state index in [4.69, 9.17) is 10.2 Å². The van der Waals surface area contributed by atoms with Crippen molar-refractivity contribution in [2.75, 3.05) is 19.7 Å². The van der Waals surface area contributed by atoms with Crippen LogP contribution >= 0.6 is 0 Å². The summed E-state index contributed by atoms with van der Waals surface area (Å²) in [6.45, 7) is 5.48. The Hall–Kier alpha value is -0.870. The van der Waals surface area contributed by atoms with Crippen LogP contribution in [0, 0.1) is 0 Å².